The van der Waals surface area contributed by atoms with Crippen molar-refractivity contribution >= 4 is 16.4 Å². The second-order valence-corrected chi connectivity index (χ2v) is 5.18. The first-order chi connectivity index (χ1) is 8.41. The van der Waals surface area contributed by atoms with E-state index in [1.807, 2.05) is 0 Å². The van der Waals surface area contributed by atoms with Crippen LogP contribution in [0.25, 0.3) is 0 Å². The molecular formula is C12H14O5S. The molecule has 0 unspecified atom stereocenters. The summed E-state index contributed by atoms with van der Waals surface area (Å²) in [5.74, 6) is 0.285. The number of ether oxygens (including phenoxy) is 1. The molecule has 0 aliphatic heterocycles. The maximum absolute atomic E-state index is 11.2. The van der Waals surface area contributed by atoms with Crippen molar-refractivity contribution in [1.29, 1.82) is 0 Å². The molecule has 18 heavy (non-hydrogen) atoms. The van der Waals surface area contributed by atoms with Crippen LogP contribution in [0.15, 0.2) is 24.8 Å². The van der Waals surface area contributed by atoms with Crippen LogP contribution in [0.3, 0.4) is 0 Å². The first-order valence-electron chi connectivity index (χ1n) is 5.07. The van der Waals surface area contributed by atoms with E-state index >= 15 is 0 Å². The summed E-state index contributed by atoms with van der Waals surface area (Å²) in [4.78, 5) is 10.8. The maximum Gasteiger partial charge on any atom is 0.306 e. The van der Waals surface area contributed by atoms with E-state index < -0.39 is 10.1 Å². The lowest BCUT2D eigenvalue weighted by molar-refractivity contribution is 0.112. The van der Waals surface area contributed by atoms with Crippen LogP contribution in [0.1, 0.15) is 15.9 Å². The molecule has 0 aliphatic carbocycles. The highest BCUT2D eigenvalue weighted by atomic mass is 32.2. The van der Waals surface area contributed by atoms with Crippen LogP contribution in [0, 0.1) is 0 Å². The van der Waals surface area contributed by atoms with Gasteiger partial charge in [0.2, 0.25) is 0 Å². The second kappa shape index (κ2) is 5.68. The molecule has 0 radical (unpaired) electrons. The van der Waals surface area contributed by atoms with Gasteiger partial charge in [-0.25, -0.2) is 0 Å². The van der Waals surface area contributed by atoms with Crippen molar-refractivity contribution < 1.29 is 22.1 Å². The number of carbonyl (C=O) groups excluding carboxylic acids is 1. The number of hydrogen-bond donors (Lipinski definition) is 0. The molecule has 0 saturated carbocycles. The van der Waals surface area contributed by atoms with Crippen molar-refractivity contribution in [3.8, 4) is 11.5 Å². The first-order valence-corrected chi connectivity index (χ1v) is 6.89. The minimum Gasteiger partial charge on any atom is -0.493 e. The number of carbonyl (C=O) groups is 1. The molecule has 0 aliphatic rings. The lowest BCUT2D eigenvalue weighted by Crippen LogP contribution is -2.09. The monoisotopic (exact) mass is 270 g/mol. The van der Waals surface area contributed by atoms with Crippen molar-refractivity contribution in [3.05, 3.63) is 35.9 Å². The lowest BCUT2D eigenvalue weighted by Gasteiger charge is -2.13. The highest BCUT2D eigenvalue weighted by Gasteiger charge is 2.16. The number of rotatable bonds is 6. The van der Waals surface area contributed by atoms with Crippen LogP contribution >= 0.6 is 0 Å². The summed E-state index contributed by atoms with van der Waals surface area (Å²) in [6, 6.07) is 2.96. The van der Waals surface area contributed by atoms with Gasteiger partial charge in [0.1, 0.15) is 6.29 Å². The molecule has 0 spiro atoms. The van der Waals surface area contributed by atoms with Gasteiger partial charge in [0.15, 0.2) is 11.5 Å². The Morgan fingerprint density at radius 2 is 2.06 bits per heavy atom. The van der Waals surface area contributed by atoms with Crippen molar-refractivity contribution in [2.24, 2.45) is 0 Å². The Bertz CT molecular complexity index is 560. The van der Waals surface area contributed by atoms with Gasteiger partial charge in [-0.15, -0.1) is 6.58 Å². The third-order valence-electron chi connectivity index (χ3n) is 2.11. The zero-order valence-electron chi connectivity index (χ0n) is 10.2. The topological polar surface area (TPSA) is 69.7 Å². The van der Waals surface area contributed by atoms with Crippen LogP contribution in [0.2, 0.25) is 0 Å². The fourth-order valence-electron chi connectivity index (χ4n) is 1.46. The van der Waals surface area contributed by atoms with E-state index in [4.69, 9.17) is 8.92 Å². The fraction of sp³-hybridized carbons (Fsp3) is 0.250. The molecule has 0 fully saturated rings. The smallest absolute Gasteiger partial charge is 0.306 e. The molecule has 0 atom stereocenters. The number of aldehydes is 1. The van der Waals surface area contributed by atoms with E-state index in [0.717, 1.165) is 6.26 Å². The quantitative estimate of drug-likeness (QED) is 0.446. The molecule has 0 bridgehead atoms. The minimum absolute atomic E-state index is 0.0884. The molecule has 1 aromatic rings. The largest absolute Gasteiger partial charge is 0.493 e. The van der Waals surface area contributed by atoms with Gasteiger partial charge in [-0.2, -0.15) is 8.42 Å². The predicted molar refractivity (Wildman–Crippen MR) is 67.8 cm³/mol. The van der Waals surface area contributed by atoms with Crippen molar-refractivity contribution in [1.82, 2.24) is 0 Å². The molecule has 0 heterocycles. The molecule has 1 aromatic carbocycles. The third kappa shape index (κ3) is 3.59. The molecular weight excluding hydrogens is 256 g/mol. The van der Waals surface area contributed by atoms with Crippen molar-refractivity contribution in [2.75, 3.05) is 13.4 Å². The van der Waals surface area contributed by atoms with Crippen LogP contribution in [-0.2, 0) is 16.5 Å². The summed E-state index contributed by atoms with van der Waals surface area (Å²) in [7, 11) is -2.30. The van der Waals surface area contributed by atoms with Gasteiger partial charge in [0.25, 0.3) is 0 Å². The number of hydrogen-bond acceptors (Lipinski definition) is 5. The average Bonchev–Trinajstić information content (AvgIpc) is 2.29. The fourth-order valence-corrected chi connectivity index (χ4v) is 1.95. The Kier molecular flexibility index (Phi) is 4.49. The van der Waals surface area contributed by atoms with Gasteiger partial charge in [0.05, 0.1) is 13.4 Å². The second-order valence-electron chi connectivity index (χ2n) is 3.61. The lowest BCUT2D eigenvalue weighted by atomic mass is 10.1. The van der Waals surface area contributed by atoms with Crippen molar-refractivity contribution in [3.63, 3.8) is 0 Å². The third-order valence-corrected chi connectivity index (χ3v) is 2.58. The highest BCUT2D eigenvalue weighted by Crippen LogP contribution is 2.34. The van der Waals surface area contributed by atoms with Crippen LogP contribution in [-0.4, -0.2) is 28.1 Å². The van der Waals surface area contributed by atoms with Crippen LogP contribution in [0.5, 0.6) is 11.5 Å². The molecule has 1 rings (SSSR count). The normalized spacial score (nSPS) is 10.8. The SMILES string of the molecule is C=CCc1cc(C=O)cc(OC)c1OS(C)(=O)=O. The van der Waals surface area contributed by atoms with E-state index in [9.17, 15) is 13.2 Å². The Balaban J connectivity index is 3.42. The van der Waals surface area contributed by atoms with E-state index in [1.54, 1.807) is 6.08 Å². The Morgan fingerprint density at radius 3 is 2.50 bits per heavy atom. The number of allylic oxidation sites excluding steroid dienone is 1. The Labute approximate surface area is 106 Å². The zero-order chi connectivity index (χ0) is 13.8. The average molecular weight is 270 g/mol. The van der Waals surface area contributed by atoms with Gasteiger partial charge >= 0.3 is 10.1 Å². The molecule has 0 aromatic heterocycles. The molecule has 0 N–H and O–H groups in total. The summed E-state index contributed by atoms with van der Waals surface area (Å²) in [6.07, 6.45) is 3.54. The molecule has 6 heteroatoms. The van der Waals surface area contributed by atoms with Gasteiger partial charge in [-0.3, -0.25) is 4.79 Å². The Morgan fingerprint density at radius 1 is 1.39 bits per heavy atom. The highest BCUT2D eigenvalue weighted by molar-refractivity contribution is 7.86. The van der Waals surface area contributed by atoms with Crippen molar-refractivity contribution in [2.45, 2.75) is 6.42 Å². The van der Waals surface area contributed by atoms with Gasteiger partial charge < -0.3 is 8.92 Å². The zero-order valence-corrected chi connectivity index (χ0v) is 11.0. The Hall–Kier alpha value is -1.82. The summed E-state index contributed by atoms with van der Waals surface area (Å²) in [6.45, 7) is 3.57. The van der Waals surface area contributed by atoms with Gasteiger partial charge in [-0.1, -0.05) is 6.08 Å². The van der Waals surface area contributed by atoms with Gasteiger partial charge in [0, 0.05) is 11.1 Å². The van der Waals surface area contributed by atoms with E-state index in [0.29, 0.717) is 23.8 Å². The molecule has 5 nitrogen and oxygen atoms in total. The first kappa shape index (κ1) is 14.2. The minimum atomic E-state index is -3.67. The standard InChI is InChI=1S/C12H14O5S/c1-4-5-10-6-9(8-13)7-11(16-2)12(10)17-18(3,14)15/h4,6-8H,1,5H2,2-3H3. The van der Waals surface area contributed by atoms with E-state index in [2.05, 4.69) is 6.58 Å². The number of benzene rings is 1. The maximum atomic E-state index is 11.2. The molecule has 98 valence electrons. The molecule has 0 saturated heterocycles. The van der Waals surface area contributed by atoms with Crippen LogP contribution < -0.4 is 8.92 Å². The summed E-state index contributed by atoms with van der Waals surface area (Å²) >= 11 is 0. The van der Waals surface area contributed by atoms with Crippen LogP contribution in [0.4, 0.5) is 0 Å². The van der Waals surface area contributed by atoms with E-state index in [-0.39, 0.29) is 11.5 Å². The summed E-state index contributed by atoms with van der Waals surface area (Å²) < 4.78 is 32.3. The number of methoxy groups -OCH3 is 1. The summed E-state index contributed by atoms with van der Waals surface area (Å²) in [5, 5.41) is 0. The molecule has 0 amide bonds. The predicted octanol–water partition coefficient (Wildman–Crippen LogP) is 1.57. The van der Waals surface area contributed by atoms with Gasteiger partial charge in [-0.05, 0) is 18.6 Å². The summed E-state index contributed by atoms with van der Waals surface area (Å²) in [5.41, 5.74) is 0.904. The van der Waals surface area contributed by atoms with E-state index in [1.165, 1.54) is 19.2 Å².